The van der Waals surface area contributed by atoms with Crippen molar-refractivity contribution in [1.82, 2.24) is 0 Å². The van der Waals surface area contributed by atoms with Gasteiger partial charge in [0.25, 0.3) is 5.69 Å². The van der Waals surface area contributed by atoms with Gasteiger partial charge in [0.15, 0.2) is 0 Å². The molecule has 0 bridgehead atoms. The number of thioether (sulfide) groups is 1. The SMILES string of the molecule is CSc1cc([N+](=O)[O-])cc2c1OC1(C=C2)N(Cc2ccc(-c3ccccc3)cc2)c2ccccc2C1(C)C. The van der Waals surface area contributed by atoms with Crippen LogP contribution in [0.15, 0.2) is 102 Å². The van der Waals surface area contributed by atoms with Crippen molar-refractivity contribution in [2.24, 2.45) is 0 Å². The number of hydrogen-bond donors (Lipinski definition) is 0. The molecule has 1 spiro atoms. The minimum atomic E-state index is -0.803. The van der Waals surface area contributed by atoms with Crippen molar-refractivity contribution < 1.29 is 9.66 Å². The molecule has 6 heteroatoms. The molecule has 4 aromatic rings. The van der Waals surface area contributed by atoms with Gasteiger partial charge < -0.3 is 9.64 Å². The molecule has 0 amide bonds. The first-order valence-electron chi connectivity index (χ1n) is 12.6. The van der Waals surface area contributed by atoms with Gasteiger partial charge in [-0.3, -0.25) is 10.1 Å². The van der Waals surface area contributed by atoms with E-state index in [9.17, 15) is 10.1 Å². The number of nitro groups is 1. The highest BCUT2D eigenvalue weighted by Gasteiger charge is 2.59. The molecule has 0 N–H and O–H groups in total. The van der Waals surface area contributed by atoms with Crippen LogP contribution < -0.4 is 9.64 Å². The monoisotopic (exact) mass is 520 g/mol. The normalized spacial score (nSPS) is 18.7. The zero-order valence-corrected chi connectivity index (χ0v) is 22.4. The average molecular weight is 521 g/mol. The Balaban J connectivity index is 1.44. The number of fused-ring (bicyclic) bond motifs is 2. The van der Waals surface area contributed by atoms with Gasteiger partial charge in [0.2, 0.25) is 5.72 Å². The third-order valence-electron chi connectivity index (χ3n) is 7.81. The van der Waals surface area contributed by atoms with Crippen molar-refractivity contribution in [3.05, 3.63) is 124 Å². The molecule has 6 rings (SSSR count). The van der Waals surface area contributed by atoms with Gasteiger partial charge in [-0.25, -0.2) is 0 Å². The molecule has 0 saturated carbocycles. The molecule has 0 aliphatic carbocycles. The lowest BCUT2D eigenvalue weighted by molar-refractivity contribution is -0.385. The number of para-hydroxylation sites is 1. The van der Waals surface area contributed by atoms with Crippen LogP contribution in [-0.2, 0) is 12.0 Å². The van der Waals surface area contributed by atoms with E-state index in [2.05, 4.69) is 97.6 Å². The van der Waals surface area contributed by atoms with Gasteiger partial charge in [-0.2, -0.15) is 0 Å². The highest BCUT2D eigenvalue weighted by atomic mass is 32.2. The van der Waals surface area contributed by atoms with E-state index >= 15 is 0 Å². The van der Waals surface area contributed by atoms with Crippen LogP contribution in [0.4, 0.5) is 11.4 Å². The summed E-state index contributed by atoms with van der Waals surface area (Å²) in [7, 11) is 0. The minimum Gasteiger partial charge on any atom is -0.462 e. The summed E-state index contributed by atoms with van der Waals surface area (Å²) in [4.78, 5) is 14.3. The molecule has 0 fully saturated rings. The summed E-state index contributed by atoms with van der Waals surface area (Å²) >= 11 is 1.46. The maximum absolute atomic E-state index is 11.5. The molecule has 2 heterocycles. The molecule has 4 aromatic carbocycles. The first-order valence-corrected chi connectivity index (χ1v) is 13.8. The molecule has 0 saturated heterocycles. The van der Waals surface area contributed by atoms with E-state index in [1.807, 2.05) is 18.4 Å². The molecular weight excluding hydrogens is 492 g/mol. The molecule has 1 unspecified atom stereocenters. The van der Waals surface area contributed by atoms with Crippen LogP contribution in [0.1, 0.15) is 30.5 Å². The van der Waals surface area contributed by atoms with Crippen LogP contribution in [0.2, 0.25) is 0 Å². The summed E-state index contributed by atoms with van der Waals surface area (Å²) in [5, 5.41) is 11.5. The van der Waals surface area contributed by atoms with Crippen LogP contribution in [0.3, 0.4) is 0 Å². The summed E-state index contributed by atoms with van der Waals surface area (Å²) in [5.74, 6) is 0.691. The van der Waals surface area contributed by atoms with E-state index in [0.717, 1.165) is 16.1 Å². The topological polar surface area (TPSA) is 55.6 Å². The van der Waals surface area contributed by atoms with Gasteiger partial charge in [-0.05, 0) is 60.6 Å². The van der Waals surface area contributed by atoms with Gasteiger partial charge in [-0.1, -0.05) is 72.8 Å². The number of nitro benzene ring substituents is 1. The van der Waals surface area contributed by atoms with Crippen molar-refractivity contribution in [2.75, 3.05) is 11.2 Å². The predicted molar refractivity (Wildman–Crippen MR) is 155 cm³/mol. The third-order valence-corrected chi connectivity index (χ3v) is 8.56. The second-order valence-corrected chi connectivity index (χ2v) is 11.1. The summed E-state index contributed by atoms with van der Waals surface area (Å²) in [6.45, 7) is 5.07. The fourth-order valence-corrected chi connectivity index (χ4v) is 6.32. The summed E-state index contributed by atoms with van der Waals surface area (Å²) in [6, 6.07) is 30.8. The zero-order chi connectivity index (χ0) is 26.5. The van der Waals surface area contributed by atoms with E-state index < -0.39 is 5.72 Å². The minimum absolute atomic E-state index is 0.0710. The fraction of sp³-hybridized carbons (Fsp3) is 0.188. The van der Waals surface area contributed by atoms with Crippen molar-refractivity contribution in [3.8, 4) is 16.9 Å². The number of non-ortho nitro benzene ring substituents is 1. The Morgan fingerprint density at radius 3 is 2.32 bits per heavy atom. The second-order valence-electron chi connectivity index (χ2n) is 10.2. The molecule has 0 aromatic heterocycles. The number of rotatable bonds is 5. The standard InChI is InChI=1S/C32H28N2O3S/c1-31(2)27-11-7-8-12-28(27)33(21-22-13-15-24(16-14-22)23-9-5-4-6-10-23)32(31)18-17-25-19-26(34(35)36)20-29(38-3)30(25)37-32/h4-20H,21H2,1-3H3. The van der Waals surface area contributed by atoms with Crippen LogP contribution in [0, 0.1) is 10.1 Å². The lowest BCUT2D eigenvalue weighted by atomic mass is 9.76. The molecule has 0 radical (unpaired) electrons. The Labute approximate surface area is 226 Å². The molecule has 1 atom stereocenters. The molecule has 190 valence electrons. The zero-order valence-electron chi connectivity index (χ0n) is 21.5. The summed E-state index contributed by atoms with van der Waals surface area (Å²) < 4.78 is 7.01. The maximum Gasteiger partial charge on any atom is 0.271 e. The fourth-order valence-electron chi connectivity index (χ4n) is 5.74. The van der Waals surface area contributed by atoms with Crippen molar-refractivity contribution in [1.29, 1.82) is 0 Å². The van der Waals surface area contributed by atoms with Crippen LogP contribution in [0.25, 0.3) is 17.2 Å². The lowest BCUT2D eigenvalue weighted by Crippen LogP contribution is -2.59. The van der Waals surface area contributed by atoms with E-state index in [1.54, 1.807) is 12.1 Å². The number of ether oxygens (including phenoxy) is 1. The number of anilines is 1. The smallest absolute Gasteiger partial charge is 0.271 e. The molecule has 2 aliphatic heterocycles. The van der Waals surface area contributed by atoms with Gasteiger partial charge in [0.05, 0.1) is 15.2 Å². The number of hydrogen-bond acceptors (Lipinski definition) is 5. The molecular formula is C32H28N2O3S. The molecule has 2 aliphatic rings. The molecule has 5 nitrogen and oxygen atoms in total. The van der Waals surface area contributed by atoms with Gasteiger partial charge in [-0.15, -0.1) is 11.8 Å². The van der Waals surface area contributed by atoms with Crippen molar-refractivity contribution in [2.45, 2.75) is 36.4 Å². The Hall–Kier alpha value is -4.03. The number of benzene rings is 4. The summed E-state index contributed by atoms with van der Waals surface area (Å²) in [6.07, 6.45) is 6.00. The first kappa shape index (κ1) is 24.3. The first-order chi connectivity index (χ1) is 18.3. The van der Waals surface area contributed by atoms with E-state index in [4.69, 9.17) is 4.74 Å². The Kier molecular flexibility index (Phi) is 5.80. The van der Waals surface area contributed by atoms with E-state index in [1.165, 1.54) is 34.0 Å². The largest absolute Gasteiger partial charge is 0.462 e. The average Bonchev–Trinajstić information content (AvgIpc) is 3.12. The van der Waals surface area contributed by atoms with E-state index in [-0.39, 0.29) is 16.0 Å². The van der Waals surface area contributed by atoms with Crippen molar-refractivity contribution in [3.63, 3.8) is 0 Å². The van der Waals surface area contributed by atoms with Gasteiger partial charge >= 0.3 is 0 Å². The van der Waals surface area contributed by atoms with Gasteiger partial charge in [0.1, 0.15) is 5.75 Å². The number of nitrogens with zero attached hydrogens (tertiary/aromatic N) is 2. The van der Waals surface area contributed by atoms with Gasteiger partial charge in [0, 0.05) is 29.9 Å². The quantitative estimate of drug-likeness (QED) is 0.151. The lowest BCUT2D eigenvalue weighted by Gasteiger charge is -2.47. The highest BCUT2D eigenvalue weighted by molar-refractivity contribution is 7.98. The summed E-state index contributed by atoms with van der Waals surface area (Å²) in [5.41, 5.74) is 5.49. The Morgan fingerprint density at radius 1 is 0.921 bits per heavy atom. The molecule has 38 heavy (non-hydrogen) atoms. The Bertz CT molecular complexity index is 1560. The third kappa shape index (κ3) is 3.71. The predicted octanol–water partition coefficient (Wildman–Crippen LogP) is 8.08. The van der Waals surface area contributed by atoms with E-state index in [0.29, 0.717) is 12.3 Å². The maximum atomic E-state index is 11.5. The van der Waals surface area contributed by atoms with Crippen LogP contribution in [-0.4, -0.2) is 16.9 Å². The van der Waals surface area contributed by atoms with Crippen molar-refractivity contribution >= 4 is 29.2 Å². The second kappa shape index (κ2) is 9.07. The Morgan fingerprint density at radius 2 is 1.61 bits per heavy atom. The highest BCUT2D eigenvalue weighted by Crippen LogP contribution is 2.56. The van der Waals surface area contributed by atoms with Crippen LogP contribution in [0.5, 0.6) is 5.75 Å². The van der Waals surface area contributed by atoms with Crippen LogP contribution >= 0.6 is 11.8 Å².